The van der Waals surface area contributed by atoms with Crippen LogP contribution >= 0.6 is 0 Å². The number of β-amino-alcohol motifs (C(OH)–C–C–N with tert-alkyl or cyclic N) is 1. The molecule has 0 spiro atoms. The van der Waals surface area contributed by atoms with E-state index in [1.54, 1.807) is 0 Å². The Labute approximate surface area is 140 Å². The molecule has 2 heterocycles. The van der Waals surface area contributed by atoms with Crippen molar-refractivity contribution in [2.75, 3.05) is 45.2 Å². The number of aromatic nitrogens is 2. The first-order valence-corrected chi connectivity index (χ1v) is 8.74. The van der Waals surface area contributed by atoms with Crippen molar-refractivity contribution in [1.82, 2.24) is 20.0 Å². The van der Waals surface area contributed by atoms with E-state index < -0.39 is 0 Å². The van der Waals surface area contributed by atoms with E-state index in [0.717, 1.165) is 37.7 Å². The predicted octanol–water partition coefficient (Wildman–Crippen LogP) is 1.16. The van der Waals surface area contributed by atoms with Crippen molar-refractivity contribution in [2.24, 2.45) is 7.05 Å². The van der Waals surface area contributed by atoms with Gasteiger partial charge in [-0.15, -0.1) is 0 Å². The zero-order chi connectivity index (χ0) is 17.0. The first kappa shape index (κ1) is 18.2. The third-order valence-corrected chi connectivity index (χ3v) is 4.46. The molecule has 1 unspecified atom stereocenters. The minimum absolute atomic E-state index is 0.310. The molecule has 0 amide bonds. The van der Waals surface area contributed by atoms with E-state index in [4.69, 9.17) is 0 Å². The maximum Gasteiger partial charge on any atom is 0.130 e. The molecule has 23 heavy (non-hydrogen) atoms. The van der Waals surface area contributed by atoms with Gasteiger partial charge in [-0.25, -0.2) is 0 Å². The van der Waals surface area contributed by atoms with Crippen molar-refractivity contribution in [2.45, 2.75) is 45.3 Å². The van der Waals surface area contributed by atoms with Gasteiger partial charge in [-0.1, -0.05) is 13.8 Å². The van der Waals surface area contributed by atoms with E-state index in [2.05, 4.69) is 34.1 Å². The monoisotopic (exact) mass is 323 g/mol. The van der Waals surface area contributed by atoms with Crippen LogP contribution < -0.4 is 10.2 Å². The van der Waals surface area contributed by atoms with Gasteiger partial charge < -0.3 is 20.2 Å². The lowest BCUT2D eigenvalue weighted by Crippen LogP contribution is -2.37. The lowest BCUT2D eigenvalue weighted by molar-refractivity contribution is 0.123. The molecule has 0 aliphatic carbocycles. The Morgan fingerprint density at radius 1 is 1.26 bits per heavy atom. The largest absolute Gasteiger partial charge is 0.390 e. The molecule has 2 N–H and O–H groups in total. The third kappa shape index (κ3) is 4.68. The summed E-state index contributed by atoms with van der Waals surface area (Å²) in [5.41, 5.74) is 2.37. The van der Waals surface area contributed by atoms with E-state index in [0.29, 0.717) is 12.5 Å². The molecule has 132 valence electrons. The number of aliphatic hydroxyl groups excluding tert-OH is 1. The van der Waals surface area contributed by atoms with Crippen LogP contribution in [0.5, 0.6) is 0 Å². The van der Waals surface area contributed by atoms with Crippen LogP contribution in [0.4, 0.5) is 5.82 Å². The van der Waals surface area contributed by atoms with Crippen molar-refractivity contribution in [1.29, 1.82) is 0 Å². The fourth-order valence-electron chi connectivity index (χ4n) is 3.46. The molecule has 1 aliphatic heterocycles. The lowest BCUT2D eigenvalue weighted by atomic mass is 10.1. The Hall–Kier alpha value is -1.11. The summed E-state index contributed by atoms with van der Waals surface area (Å²) in [5, 5.41) is 18.3. The molecule has 1 aliphatic rings. The van der Waals surface area contributed by atoms with Crippen molar-refractivity contribution < 1.29 is 5.11 Å². The zero-order valence-corrected chi connectivity index (χ0v) is 15.3. The summed E-state index contributed by atoms with van der Waals surface area (Å²) < 4.78 is 1.95. The van der Waals surface area contributed by atoms with Gasteiger partial charge in [0.1, 0.15) is 5.82 Å². The summed E-state index contributed by atoms with van der Waals surface area (Å²) in [7, 11) is 6.09. The maximum atomic E-state index is 10.2. The third-order valence-electron chi connectivity index (χ3n) is 4.46. The van der Waals surface area contributed by atoms with Gasteiger partial charge in [0.25, 0.3) is 0 Å². The molecule has 6 nitrogen and oxygen atoms in total. The number of nitrogens with one attached hydrogen (secondary N) is 1. The molecule has 1 aromatic rings. The van der Waals surface area contributed by atoms with Crippen molar-refractivity contribution in [3.05, 3.63) is 11.3 Å². The smallest absolute Gasteiger partial charge is 0.130 e. The van der Waals surface area contributed by atoms with Gasteiger partial charge >= 0.3 is 0 Å². The van der Waals surface area contributed by atoms with Crippen LogP contribution in [0.2, 0.25) is 0 Å². The van der Waals surface area contributed by atoms with Gasteiger partial charge in [0.05, 0.1) is 11.8 Å². The van der Waals surface area contributed by atoms with Crippen LogP contribution in [0.1, 0.15) is 43.9 Å². The molecule has 0 aromatic carbocycles. The van der Waals surface area contributed by atoms with Crippen LogP contribution in [-0.4, -0.2) is 66.2 Å². The van der Waals surface area contributed by atoms with Gasteiger partial charge in [-0.2, -0.15) is 5.10 Å². The molecule has 0 saturated carbocycles. The highest BCUT2D eigenvalue weighted by atomic mass is 16.3. The fourth-order valence-corrected chi connectivity index (χ4v) is 3.46. The van der Waals surface area contributed by atoms with Crippen LogP contribution in [-0.2, 0) is 13.6 Å². The zero-order valence-electron chi connectivity index (χ0n) is 15.3. The number of hydrogen-bond acceptors (Lipinski definition) is 5. The fraction of sp³-hybridized carbons (Fsp3) is 0.824. The average Bonchev–Trinajstić information content (AvgIpc) is 3.06. The molecule has 1 aromatic heterocycles. The summed E-state index contributed by atoms with van der Waals surface area (Å²) in [4.78, 5) is 4.46. The van der Waals surface area contributed by atoms with Crippen LogP contribution in [0.25, 0.3) is 0 Å². The van der Waals surface area contributed by atoms with Crippen molar-refractivity contribution in [3.8, 4) is 0 Å². The Bertz CT molecular complexity index is 491. The number of rotatable bonds is 8. The predicted molar refractivity (Wildman–Crippen MR) is 95.0 cm³/mol. The molecular weight excluding hydrogens is 290 g/mol. The van der Waals surface area contributed by atoms with E-state index in [-0.39, 0.29) is 6.10 Å². The van der Waals surface area contributed by atoms with E-state index in [1.165, 1.54) is 18.4 Å². The highest BCUT2D eigenvalue weighted by Crippen LogP contribution is 2.27. The molecule has 1 fully saturated rings. The number of anilines is 1. The number of aryl methyl sites for hydroxylation is 1. The molecule has 1 saturated heterocycles. The standard InChI is InChI=1S/C17H33N5O/c1-13(2)16-15(17(20(3)4)21(5)19-16)11-18-10-14(23)12-22-8-6-7-9-22/h13-14,18,23H,6-12H2,1-5H3. The van der Waals surface area contributed by atoms with Gasteiger partial charge in [0, 0.05) is 46.3 Å². The van der Waals surface area contributed by atoms with Crippen molar-refractivity contribution in [3.63, 3.8) is 0 Å². The first-order chi connectivity index (χ1) is 10.9. The molecular formula is C17H33N5O. The highest BCUT2D eigenvalue weighted by molar-refractivity contribution is 5.50. The summed E-state index contributed by atoms with van der Waals surface area (Å²) in [6, 6.07) is 0. The molecule has 1 atom stereocenters. The second-order valence-corrected chi connectivity index (χ2v) is 7.15. The Kier molecular flexibility index (Phi) is 6.44. The Morgan fingerprint density at radius 3 is 2.48 bits per heavy atom. The van der Waals surface area contributed by atoms with Gasteiger partial charge in [-0.3, -0.25) is 4.68 Å². The van der Waals surface area contributed by atoms with Gasteiger partial charge in [0.15, 0.2) is 0 Å². The van der Waals surface area contributed by atoms with Gasteiger partial charge in [0.2, 0.25) is 0 Å². The topological polar surface area (TPSA) is 56.6 Å². The molecule has 2 rings (SSSR count). The van der Waals surface area contributed by atoms with Crippen LogP contribution in [0.15, 0.2) is 0 Å². The Balaban J connectivity index is 1.93. The maximum absolute atomic E-state index is 10.2. The number of nitrogens with zero attached hydrogens (tertiary/aromatic N) is 4. The number of likely N-dealkylation sites (tertiary alicyclic amines) is 1. The number of hydrogen-bond donors (Lipinski definition) is 2. The summed E-state index contributed by atoms with van der Waals surface area (Å²) >= 11 is 0. The molecule has 0 bridgehead atoms. The SMILES string of the molecule is CC(C)c1nn(C)c(N(C)C)c1CNCC(O)CN1CCCC1. The Morgan fingerprint density at radius 2 is 1.91 bits per heavy atom. The van der Waals surface area contributed by atoms with Crippen molar-refractivity contribution >= 4 is 5.82 Å². The first-order valence-electron chi connectivity index (χ1n) is 8.74. The van der Waals surface area contributed by atoms with Gasteiger partial charge in [-0.05, 0) is 31.8 Å². The minimum Gasteiger partial charge on any atom is -0.390 e. The van der Waals surface area contributed by atoms with Crippen LogP contribution in [0, 0.1) is 0 Å². The second-order valence-electron chi connectivity index (χ2n) is 7.15. The molecule has 6 heteroatoms. The number of aliphatic hydroxyl groups is 1. The summed E-state index contributed by atoms with van der Waals surface area (Å²) in [5.74, 6) is 1.52. The van der Waals surface area contributed by atoms with E-state index >= 15 is 0 Å². The highest BCUT2D eigenvalue weighted by Gasteiger charge is 2.20. The summed E-state index contributed by atoms with van der Waals surface area (Å²) in [6.45, 7) is 8.74. The lowest BCUT2D eigenvalue weighted by Gasteiger charge is -2.20. The molecule has 0 radical (unpaired) electrons. The summed E-state index contributed by atoms with van der Waals surface area (Å²) in [6.07, 6.45) is 2.22. The minimum atomic E-state index is -0.310. The quantitative estimate of drug-likeness (QED) is 0.752. The van der Waals surface area contributed by atoms with Crippen LogP contribution in [0.3, 0.4) is 0 Å². The average molecular weight is 323 g/mol. The van der Waals surface area contributed by atoms with E-state index in [9.17, 15) is 5.11 Å². The second kappa shape index (κ2) is 8.13. The van der Waals surface area contributed by atoms with E-state index in [1.807, 2.05) is 25.8 Å². The normalized spacial score (nSPS) is 17.2.